The molecule has 3 unspecified atom stereocenters. The Morgan fingerprint density at radius 1 is 1.21 bits per heavy atom. The smallest absolute Gasteiger partial charge is 0.0622 e. The molecule has 0 saturated carbocycles. The van der Waals surface area contributed by atoms with Crippen LogP contribution in [-0.4, -0.2) is 49.3 Å². The molecule has 2 aliphatic rings. The van der Waals surface area contributed by atoms with Crippen LogP contribution in [0.5, 0.6) is 0 Å². The van der Waals surface area contributed by atoms with Crippen LogP contribution in [0.15, 0.2) is 0 Å². The van der Waals surface area contributed by atoms with Crippen molar-refractivity contribution < 1.29 is 4.74 Å². The maximum absolute atomic E-state index is 5.57. The van der Waals surface area contributed by atoms with Crippen LogP contribution in [0.3, 0.4) is 0 Å². The van der Waals surface area contributed by atoms with Crippen LogP contribution in [0.1, 0.15) is 26.7 Å². The molecule has 3 nitrogen and oxygen atoms in total. The second-order valence-electron chi connectivity index (χ2n) is 4.67. The van der Waals surface area contributed by atoms with Crippen molar-refractivity contribution in [3.63, 3.8) is 0 Å². The predicted molar refractivity (Wildman–Crippen MR) is 57.5 cm³/mol. The lowest BCUT2D eigenvalue weighted by Crippen LogP contribution is -2.60. The molecule has 3 atom stereocenters. The summed E-state index contributed by atoms with van der Waals surface area (Å²) in [5.74, 6) is 0. The van der Waals surface area contributed by atoms with Gasteiger partial charge in [0.2, 0.25) is 0 Å². The minimum absolute atomic E-state index is 0.658. The van der Waals surface area contributed by atoms with Gasteiger partial charge in [-0.05, 0) is 26.7 Å². The molecule has 3 heteroatoms. The molecule has 0 bridgehead atoms. The Morgan fingerprint density at radius 2 is 1.93 bits per heavy atom. The van der Waals surface area contributed by atoms with Crippen molar-refractivity contribution in [1.29, 1.82) is 0 Å². The molecule has 0 aromatic carbocycles. The Balaban J connectivity index is 1.97. The summed E-state index contributed by atoms with van der Waals surface area (Å²) in [6.45, 7) is 8.79. The first kappa shape index (κ1) is 10.4. The number of nitrogens with one attached hydrogen (secondary N) is 1. The number of rotatable bonds is 1. The standard InChI is InChI=1S/C11H22N2O/c1-9-6-12-7-10(2)13(9)11-4-3-5-14-8-11/h9-12H,3-8H2,1-2H3. The predicted octanol–water partition coefficient (Wildman–Crippen LogP) is 0.848. The maximum Gasteiger partial charge on any atom is 0.0622 e. The van der Waals surface area contributed by atoms with Crippen molar-refractivity contribution in [3.05, 3.63) is 0 Å². The second kappa shape index (κ2) is 4.60. The lowest BCUT2D eigenvalue weighted by atomic mass is 10.0. The number of hydrogen-bond acceptors (Lipinski definition) is 3. The normalized spacial score (nSPS) is 41.1. The van der Waals surface area contributed by atoms with E-state index in [2.05, 4.69) is 24.1 Å². The second-order valence-corrected chi connectivity index (χ2v) is 4.67. The molecule has 2 saturated heterocycles. The van der Waals surface area contributed by atoms with Gasteiger partial charge in [-0.25, -0.2) is 0 Å². The maximum atomic E-state index is 5.57. The van der Waals surface area contributed by atoms with Gasteiger partial charge in [-0.2, -0.15) is 0 Å². The van der Waals surface area contributed by atoms with E-state index in [1.165, 1.54) is 12.8 Å². The highest BCUT2D eigenvalue weighted by atomic mass is 16.5. The Labute approximate surface area is 86.8 Å². The first-order valence-corrected chi connectivity index (χ1v) is 5.85. The van der Waals surface area contributed by atoms with Gasteiger partial charge in [0.15, 0.2) is 0 Å². The van der Waals surface area contributed by atoms with E-state index in [9.17, 15) is 0 Å². The molecule has 1 N–H and O–H groups in total. The zero-order valence-electron chi connectivity index (χ0n) is 9.33. The Kier molecular flexibility index (Phi) is 3.42. The summed E-state index contributed by atoms with van der Waals surface area (Å²) in [7, 11) is 0. The molecule has 14 heavy (non-hydrogen) atoms. The molecule has 0 aliphatic carbocycles. The number of nitrogens with zero attached hydrogens (tertiary/aromatic N) is 1. The highest BCUT2D eigenvalue weighted by Gasteiger charge is 2.31. The van der Waals surface area contributed by atoms with Crippen LogP contribution in [0, 0.1) is 0 Å². The number of piperazine rings is 1. The van der Waals surface area contributed by atoms with Crippen LogP contribution >= 0.6 is 0 Å². The van der Waals surface area contributed by atoms with E-state index in [0.717, 1.165) is 26.3 Å². The fourth-order valence-electron chi connectivity index (χ4n) is 2.82. The highest BCUT2D eigenvalue weighted by Crippen LogP contribution is 2.20. The zero-order valence-corrected chi connectivity index (χ0v) is 9.33. The van der Waals surface area contributed by atoms with Gasteiger partial charge in [-0.1, -0.05) is 0 Å². The fourth-order valence-corrected chi connectivity index (χ4v) is 2.82. The topological polar surface area (TPSA) is 24.5 Å². The van der Waals surface area contributed by atoms with Crippen LogP contribution in [0.4, 0.5) is 0 Å². The van der Waals surface area contributed by atoms with Crippen LogP contribution in [-0.2, 0) is 4.74 Å². The van der Waals surface area contributed by atoms with E-state index >= 15 is 0 Å². The Bertz CT molecular complexity index is 170. The Morgan fingerprint density at radius 3 is 2.50 bits per heavy atom. The van der Waals surface area contributed by atoms with Crippen molar-refractivity contribution in [1.82, 2.24) is 10.2 Å². The lowest BCUT2D eigenvalue weighted by molar-refractivity contribution is -0.0240. The first-order chi connectivity index (χ1) is 6.79. The van der Waals surface area contributed by atoms with Gasteiger partial charge in [0.05, 0.1) is 6.61 Å². The van der Waals surface area contributed by atoms with E-state index in [1.807, 2.05) is 0 Å². The molecular formula is C11H22N2O. The Hall–Kier alpha value is -0.120. The van der Waals surface area contributed by atoms with Crippen LogP contribution in [0.2, 0.25) is 0 Å². The molecule has 0 amide bonds. The molecule has 2 aliphatic heterocycles. The summed E-state index contributed by atoms with van der Waals surface area (Å²) in [6, 6.07) is 1.98. The van der Waals surface area contributed by atoms with Crippen molar-refractivity contribution in [2.45, 2.75) is 44.8 Å². The van der Waals surface area contributed by atoms with Crippen molar-refractivity contribution in [2.75, 3.05) is 26.3 Å². The molecule has 0 aromatic heterocycles. The molecule has 0 aromatic rings. The quantitative estimate of drug-likeness (QED) is 0.676. The van der Waals surface area contributed by atoms with Crippen LogP contribution in [0.25, 0.3) is 0 Å². The summed E-state index contributed by atoms with van der Waals surface area (Å²) in [5.41, 5.74) is 0. The lowest BCUT2D eigenvalue weighted by Gasteiger charge is -2.45. The molecule has 0 spiro atoms. The minimum Gasteiger partial charge on any atom is -0.380 e. The molecule has 2 fully saturated rings. The summed E-state index contributed by atoms with van der Waals surface area (Å²) in [4.78, 5) is 2.65. The molecule has 82 valence electrons. The summed E-state index contributed by atoms with van der Waals surface area (Å²) in [5, 5.41) is 3.47. The average Bonchev–Trinajstić information content (AvgIpc) is 2.19. The van der Waals surface area contributed by atoms with Crippen molar-refractivity contribution in [3.8, 4) is 0 Å². The van der Waals surface area contributed by atoms with E-state index in [1.54, 1.807) is 0 Å². The van der Waals surface area contributed by atoms with Gasteiger partial charge >= 0.3 is 0 Å². The van der Waals surface area contributed by atoms with E-state index < -0.39 is 0 Å². The zero-order chi connectivity index (χ0) is 9.97. The monoisotopic (exact) mass is 198 g/mol. The fraction of sp³-hybridized carbons (Fsp3) is 1.00. The summed E-state index contributed by atoms with van der Waals surface area (Å²) in [6.07, 6.45) is 2.54. The van der Waals surface area contributed by atoms with Crippen molar-refractivity contribution in [2.24, 2.45) is 0 Å². The number of ether oxygens (including phenoxy) is 1. The van der Waals surface area contributed by atoms with Gasteiger partial charge in [0.1, 0.15) is 0 Å². The van der Waals surface area contributed by atoms with Crippen LogP contribution < -0.4 is 5.32 Å². The molecule has 2 rings (SSSR count). The third-order valence-corrected chi connectivity index (χ3v) is 3.46. The van der Waals surface area contributed by atoms with Gasteiger partial charge in [0, 0.05) is 37.8 Å². The third kappa shape index (κ3) is 2.10. The molecule has 0 radical (unpaired) electrons. The van der Waals surface area contributed by atoms with E-state index in [0.29, 0.717) is 18.1 Å². The van der Waals surface area contributed by atoms with Gasteiger partial charge < -0.3 is 10.1 Å². The van der Waals surface area contributed by atoms with Gasteiger partial charge in [-0.3, -0.25) is 4.90 Å². The average molecular weight is 198 g/mol. The molecular weight excluding hydrogens is 176 g/mol. The third-order valence-electron chi connectivity index (χ3n) is 3.46. The largest absolute Gasteiger partial charge is 0.380 e. The van der Waals surface area contributed by atoms with E-state index in [4.69, 9.17) is 4.74 Å². The van der Waals surface area contributed by atoms with Gasteiger partial charge in [-0.15, -0.1) is 0 Å². The first-order valence-electron chi connectivity index (χ1n) is 5.85. The molecule has 2 heterocycles. The SMILES string of the molecule is CC1CNCC(C)N1C1CCCOC1. The van der Waals surface area contributed by atoms with E-state index in [-0.39, 0.29) is 0 Å². The van der Waals surface area contributed by atoms with Gasteiger partial charge in [0.25, 0.3) is 0 Å². The van der Waals surface area contributed by atoms with Crippen molar-refractivity contribution >= 4 is 0 Å². The number of hydrogen-bond donors (Lipinski definition) is 1. The summed E-state index contributed by atoms with van der Waals surface area (Å²) < 4.78 is 5.57. The summed E-state index contributed by atoms with van der Waals surface area (Å²) >= 11 is 0. The highest BCUT2D eigenvalue weighted by molar-refractivity contribution is 4.88. The minimum atomic E-state index is 0.658.